The van der Waals surface area contributed by atoms with Crippen molar-refractivity contribution in [3.05, 3.63) is 28.2 Å². The Kier molecular flexibility index (Phi) is 3.33. The van der Waals surface area contributed by atoms with E-state index in [9.17, 15) is 13.6 Å². The minimum atomic E-state index is -0.621. The average Bonchev–Trinajstić information content (AvgIpc) is 2.98. The molecule has 2 aliphatic rings. The summed E-state index contributed by atoms with van der Waals surface area (Å²) in [5, 5.41) is 2.53. The zero-order valence-corrected chi connectivity index (χ0v) is 11.8. The molecule has 0 aliphatic heterocycles. The van der Waals surface area contributed by atoms with Crippen LogP contribution in [0.25, 0.3) is 0 Å². The topological polar surface area (TPSA) is 29.1 Å². The molecule has 1 N–H and O–H groups in total. The number of halogens is 3. The Hall–Kier alpha value is -0.970. The summed E-state index contributed by atoms with van der Waals surface area (Å²) in [7, 11) is 0. The molecule has 1 aromatic rings. The van der Waals surface area contributed by atoms with Crippen molar-refractivity contribution in [1.82, 2.24) is 0 Å². The molecule has 2 bridgehead atoms. The minimum Gasteiger partial charge on any atom is -0.323 e. The third-order valence-corrected chi connectivity index (χ3v) is 4.95. The molecule has 3 unspecified atom stereocenters. The lowest BCUT2D eigenvalue weighted by atomic mass is 9.88. The number of hydrogen-bond donors (Lipinski definition) is 1. The van der Waals surface area contributed by atoms with Crippen LogP contribution in [0.3, 0.4) is 0 Å². The van der Waals surface area contributed by atoms with Crippen molar-refractivity contribution in [3.63, 3.8) is 0 Å². The number of rotatable bonds is 2. The maximum atomic E-state index is 13.7. The lowest BCUT2D eigenvalue weighted by molar-refractivity contribution is -0.121. The van der Waals surface area contributed by atoms with E-state index < -0.39 is 11.6 Å². The van der Waals surface area contributed by atoms with Gasteiger partial charge in [0.25, 0.3) is 0 Å². The van der Waals surface area contributed by atoms with Crippen LogP contribution in [0.2, 0.25) is 0 Å². The van der Waals surface area contributed by atoms with E-state index in [-0.39, 0.29) is 22.0 Å². The molecular formula is C14H14BrF2NO. The predicted octanol–water partition coefficient (Wildman–Crippen LogP) is 4.10. The van der Waals surface area contributed by atoms with Gasteiger partial charge >= 0.3 is 0 Å². The molecule has 0 aromatic heterocycles. The fraction of sp³-hybridized carbons (Fsp3) is 0.500. The highest BCUT2D eigenvalue weighted by atomic mass is 79.9. The van der Waals surface area contributed by atoms with Crippen LogP contribution in [0.4, 0.5) is 14.5 Å². The second-order valence-corrected chi connectivity index (χ2v) is 6.37. The van der Waals surface area contributed by atoms with Gasteiger partial charge in [0.05, 0.1) is 10.2 Å². The van der Waals surface area contributed by atoms with Crippen LogP contribution in [0.15, 0.2) is 16.6 Å². The van der Waals surface area contributed by atoms with Crippen LogP contribution in [-0.4, -0.2) is 5.91 Å². The average molecular weight is 330 g/mol. The Morgan fingerprint density at radius 3 is 2.63 bits per heavy atom. The Morgan fingerprint density at radius 1 is 1.21 bits per heavy atom. The summed E-state index contributed by atoms with van der Waals surface area (Å²) in [6.07, 6.45) is 4.28. The van der Waals surface area contributed by atoms with E-state index in [4.69, 9.17) is 0 Å². The molecule has 0 spiro atoms. The third-order valence-electron chi connectivity index (χ3n) is 4.34. The zero-order valence-electron chi connectivity index (χ0n) is 10.3. The number of amides is 1. The summed E-state index contributed by atoms with van der Waals surface area (Å²) < 4.78 is 27.1. The number of hydrogen-bond acceptors (Lipinski definition) is 1. The second-order valence-electron chi connectivity index (χ2n) is 5.52. The molecule has 0 saturated heterocycles. The van der Waals surface area contributed by atoms with Crippen molar-refractivity contribution < 1.29 is 13.6 Å². The van der Waals surface area contributed by atoms with Crippen LogP contribution in [0, 0.1) is 29.4 Å². The second kappa shape index (κ2) is 4.85. The first-order chi connectivity index (χ1) is 9.04. The van der Waals surface area contributed by atoms with E-state index in [0.29, 0.717) is 11.8 Å². The van der Waals surface area contributed by atoms with Gasteiger partial charge in [-0.2, -0.15) is 0 Å². The summed E-state index contributed by atoms with van der Waals surface area (Å²) in [4.78, 5) is 12.1. The first-order valence-electron chi connectivity index (χ1n) is 6.50. The largest absolute Gasteiger partial charge is 0.323 e. The predicted molar refractivity (Wildman–Crippen MR) is 71.6 cm³/mol. The Bertz CT molecular complexity index is 534. The number of nitrogens with one attached hydrogen (secondary N) is 1. The Labute approximate surface area is 118 Å². The van der Waals surface area contributed by atoms with Gasteiger partial charge in [-0.3, -0.25) is 4.79 Å². The fourth-order valence-electron chi connectivity index (χ4n) is 3.41. The van der Waals surface area contributed by atoms with Crippen molar-refractivity contribution in [2.75, 3.05) is 5.32 Å². The summed E-state index contributed by atoms with van der Waals surface area (Å²) in [6.45, 7) is 0. The SMILES string of the molecule is O=C(Nc1cc(F)c(Br)cc1F)C1CC2CCC1C2. The Balaban J connectivity index is 1.75. The van der Waals surface area contributed by atoms with Gasteiger partial charge in [-0.1, -0.05) is 6.42 Å². The highest BCUT2D eigenvalue weighted by Gasteiger charge is 2.43. The van der Waals surface area contributed by atoms with E-state index in [1.54, 1.807) is 0 Å². The first kappa shape index (κ1) is 13.0. The van der Waals surface area contributed by atoms with Crippen LogP contribution in [0.1, 0.15) is 25.7 Å². The van der Waals surface area contributed by atoms with Gasteiger partial charge in [0.15, 0.2) is 0 Å². The molecule has 0 heterocycles. The maximum Gasteiger partial charge on any atom is 0.227 e. The number of carbonyl (C=O) groups excluding carboxylic acids is 1. The van der Waals surface area contributed by atoms with Crippen LogP contribution < -0.4 is 5.32 Å². The van der Waals surface area contributed by atoms with Crippen molar-refractivity contribution in [3.8, 4) is 0 Å². The summed E-state index contributed by atoms with van der Waals surface area (Å²) in [5.41, 5.74) is -0.0755. The van der Waals surface area contributed by atoms with Crippen molar-refractivity contribution in [2.45, 2.75) is 25.7 Å². The van der Waals surface area contributed by atoms with Crippen LogP contribution in [-0.2, 0) is 4.79 Å². The molecule has 2 saturated carbocycles. The van der Waals surface area contributed by atoms with E-state index in [1.807, 2.05) is 0 Å². The van der Waals surface area contributed by atoms with Crippen molar-refractivity contribution >= 4 is 27.5 Å². The van der Waals surface area contributed by atoms with Gasteiger partial charge in [-0.15, -0.1) is 0 Å². The van der Waals surface area contributed by atoms with Gasteiger partial charge in [0.1, 0.15) is 11.6 Å². The molecule has 3 rings (SSSR count). The quantitative estimate of drug-likeness (QED) is 0.813. The monoisotopic (exact) mass is 329 g/mol. The van der Waals surface area contributed by atoms with Gasteiger partial charge < -0.3 is 5.32 Å². The molecule has 2 aliphatic carbocycles. The molecule has 2 fully saturated rings. The third kappa shape index (κ3) is 2.40. The maximum absolute atomic E-state index is 13.7. The van der Waals surface area contributed by atoms with Gasteiger partial charge in [0, 0.05) is 12.0 Å². The number of benzene rings is 1. The molecule has 5 heteroatoms. The lowest BCUT2D eigenvalue weighted by Crippen LogP contribution is -2.27. The minimum absolute atomic E-state index is 0.0372. The van der Waals surface area contributed by atoms with Crippen molar-refractivity contribution in [1.29, 1.82) is 0 Å². The fourth-order valence-corrected chi connectivity index (χ4v) is 3.73. The number of carbonyl (C=O) groups is 1. The zero-order chi connectivity index (χ0) is 13.6. The van der Waals surface area contributed by atoms with E-state index in [2.05, 4.69) is 21.2 Å². The summed E-state index contributed by atoms with van der Waals surface area (Å²) in [6, 6.07) is 2.05. The van der Waals surface area contributed by atoms with E-state index in [1.165, 1.54) is 6.42 Å². The number of anilines is 1. The standard InChI is InChI=1S/C14H14BrF2NO/c15-10-5-12(17)13(6-11(10)16)18-14(19)9-4-7-1-2-8(9)3-7/h5-9H,1-4H2,(H,18,19). The smallest absolute Gasteiger partial charge is 0.227 e. The highest BCUT2D eigenvalue weighted by Crippen LogP contribution is 2.48. The normalized spacial score (nSPS) is 28.7. The molecule has 1 amide bonds. The highest BCUT2D eigenvalue weighted by molar-refractivity contribution is 9.10. The Morgan fingerprint density at radius 2 is 2.00 bits per heavy atom. The van der Waals surface area contributed by atoms with E-state index in [0.717, 1.165) is 31.4 Å². The molecular weight excluding hydrogens is 316 g/mol. The number of fused-ring (bicyclic) bond motifs is 2. The van der Waals surface area contributed by atoms with Gasteiger partial charge in [0.2, 0.25) is 5.91 Å². The summed E-state index contributed by atoms with van der Waals surface area (Å²) >= 11 is 2.91. The van der Waals surface area contributed by atoms with E-state index >= 15 is 0 Å². The molecule has 0 radical (unpaired) electrons. The molecule has 102 valence electrons. The van der Waals surface area contributed by atoms with Crippen LogP contribution >= 0.6 is 15.9 Å². The molecule has 1 aromatic carbocycles. The van der Waals surface area contributed by atoms with Crippen LogP contribution in [0.5, 0.6) is 0 Å². The van der Waals surface area contributed by atoms with Gasteiger partial charge in [-0.05, 0) is 53.1 Å². The lowest BCUT2D eigenvalue weighted by Gasteiger charge is -2.21. The molecule has 3 atom stereocenters. The first-order valence-corrected chi connectivity index (χ1v) is 7.29. The summed E-state index contributed by atoms with van der Waals surface area (Å²) in [5.74, 6) is -0.340. The van der Waals surface area contributed by atoms with Gasteiger partial charge in [-0.25, -0.2) is 8.78 Å². The molecule has 2 nitrogen and oxygen atoms in total. The molecule has 19 heavy (non-hydrogen) atoms. The van der Waals surface area contributed by atoms with Crippen molar-refractivity contribution in [2.24, 2.45) is 17.8 Å².